The average molecular weight is 207 g/mol. The van der Waals surface area contributed by atoms with E-state index in [0.29, 0.717) is 11.6 Å². The van der Waals surface area contributed by atoms with Crippen LogP contribution >= 0.6 is 11.8 Å². The predicted octanol–water partition coefficient (Wildman–Crippen LogP) is 2.12. The first-order valence-corrected chi connectivity index (χ1v) is 5.77. The summed E-state index contributed by atoms with van der Waals surface area (Å²) in [6.07, 6.45) is 3.65. The van der Waals surface area contributed by atoms with Crippen LogP contribution in [0.3, 0.4) is 0 Å². The molecule has 14 heavy (non-hydrogen) atoms. The van der Waals surface area contributed by atoms with E-state index in [1.165, 1.54) is 0 Å². The summed E-state index contributed by atoms with van der Waals surface area (Å²) in [5.41, 5.74) is 0.591. The molecule has 0 aliphatic rings. The minimum absolute atomic E-state index is 0.394. The highest BCUT2D eigenvalue weighted by Gasteiger charge is 2.01. The van der Waals surface area contributed by atoms with Crippen LogP contribution in [0.15, 0.2) is 18.3 Å². The molecule has 0 fully saturated rings. The molecule has 0 bridgehead atoms. The zero-order chi connectivity index (χ0) is 10.4. The van der Waals surface area contributed by atoms with Gasteiger partial charge in [-0.05, 0) is 25.3 Å². The zero-order valence-corrected chi connectivity index (χ0v) is 9.14. The fourth-order valence-corrected chi connectivity index (χ4v) is 1.67. The van der Waals surface area contributed by atoms with Gasteiger partial charge < -0.3 is 5.32 Å². The Balaban J connectivity index is 2.56. The third-order valence-corrected chi connectivity index (χ3v) is 2.54. The maximum Gasteiger partial charge on any atom is 0.126 e. The lowest BCUT2D eigenvalue weighted by molar-refractivity contribution is 0.903. The Bertz CT molecular complexity index is 315. The van der Waals surface area contributed by atoms with Gasteiger partial charge in [0.2, 0.25) is 0 Å². The molecule has 4 heteroatoms. The van der Waals surface area contributed by atoms with Gasteiger partial charge in [-0.3, -0.25) is 0 Å². The average Bonchev–Trinajstić information content (AvgIpc) is 2.19. The van der Waals surface area contributed by atoms with E-state index in [9.17, 15) is 0 Å². The SMILES string of the molecule is CSCC(C)Nc1ccc(C#N)cn1. The molecule has 1 N–H and O–H groups in total. The summed E-state index contributed by atoms with van der Waals surface area (Å²) in [5, 5.41) is 11.8. The molecule has 0 amide bonds. The predicted molar refractivity (Wildman–Crippen MR) is 60.4 cm³/mol. The van der Waals surface area contributed by atoms with Gasteiger partial charge in [0.25, 0.3) is 0 Å². The maximum atomic E-state index is 8.58. The van der Waals surface area contributed by atoms with Crippen molar-refractivity contribution in [1.29, 1.82) is 5.26 Å². The maximum absolute atomic E-state index is 8.58. The Morgan fingerprint density at radius 3 is 2.93 bits per heavy atom. The van der Waals surface area contributed by atoms with Crippen molar-refractivity contribution in [3.8, 4) is 6.07 Å². The third kappa shape index (κ3) is 3.27. The summed E-state index contributed by atoms with van der Waals surface area (Å²) in [5.74, 6) is 1.87. The lowest BCUT2D eigenvalue weighted by Gasteiger charge is -2.12. The molecule has 0 spiro atoms. The van der Waals surface area contributed by atoms with E-state index >= 15 is 0 Å². The molecule has 74 valence electrons. The molecule has 1 atom stereocenters. The second kappa shape index (κ2) is 5.51. The molecule has 0 radical (unpaired) electrons. The van der Waals surface area contributed by atoms with Gasteiger partial charge in [-0.25, -0.2) is 4.98 Å². The molecule has 0 saturated carbocycles. The summed E-state index contributed by atoms with van der Waals surface area (Å²) in [6.45, 7) is 2.11. The second-order valence-corrected chi connectivity index (χ2v) is 3.96. The van der Waals surface area contributed by atoms with Crippen molar-refractivity contribution in [2.24, 2.45) is 0 Å². The van der Waals surface area contributed by atoms with E-state index in [0.717, 1.165) is 11.6 Å². The van der Waals surface area contributed by atoms with Crippen molar-refractivity contribution in [3.63, 3.8) is 0 Å². The summed E-state index contributed by atoms with van der Waals surface area (Å²) >= 11 is 1.79. The molecule has 0 aromatic carbocycles. The summed E-state index contributed by atoms with van der Waals surface area (Å²) in [4.78, 5) is 4.13. The third-order valence-electron chi connectivity index (χ3n) is 1.70. The first kappa shape index (κ1) is 10.9. The Hall–Kier alpha value is -1.21. The first-order valence-electron chi connectivity index (χ1n) is 4.38. The number of nitrogens with one attached hydrogen (secondary N) is 1. The van der Waals surface area contributed by atoms with Gasteiger partial charge in [-0.15, -0.1) is 0 Å². The Morgan fingerprint density at radius 2 is 2.43 bits per heavy atom. The smallest absolute Gasteiger partial charge is 0.126 e. The number of hydrogen-bond donors (Lipinski definition) is 1. The molecule has 1 aromatic heterocycles. The van der Waals surface area contributed by atoms with Gasteiger partial charge in [-0.2, -0.15) is 17.0 Å². The lowest BCUT2D eigenvalue weighted by atomic mass is 10.3. The van der Waals surface area contributed by atoms with Crippen LogP contribution in [0.4, 0.5) is 5.82 Å². The van der Waals surface area contributed by atoms with Gasteiger partial charge >= 0.3 is 0 Å². The number of nitrogens with zero attached hydrogens (tertiary/aromatic N) is 2. The molecule has 0 saturated heterocycles. The molecule has 0 aliphatic carbocycles. The molecular weight excluding hydrogens is 194 g/mol. The van der Waals surface area contributed by atoms with Gasteiger partial charge in [0.05, 0.1) is 5.56 Å². The van der Waals surface area contributed by atoms with Crippen LogP contribution in [0, 0.1) is 11.3 Å². The van der Waals surface area contributed by atoms with Crippen LogP contribution in [-0.2, 0) is 0 Å². The van der Waals surface area contributed by atoms with Crippen LogP contribution in [0.1, 0.15) is 12.5 Å². The lowest BCUT2D eigenvalue weighted by Crippen LogP contribution is -2.18. The van der Waals surface area contributed by atoms with Gasteiger partial charge in [0, 0.05) is 18.0 Å². The van der Waals surface area contributed by atoms with Crippen LogP contribution in [-0.4, -0.2) is 23.0 Å². The number of rotatable bonds is 4. The highest BCUT2D eigenvalue weighted by atomic mass is 32.2. The van der Waals surface area contributed by atoms with E-state index in [4.69, 9.17) is 5.26 Å². The van der Waals surface area contributed by atoms with E-state index in [1.807, 2.05) is 12.1 Å². The van der Waals surface area contributed by atoms with Crippen molar-refractivity contribution in [1.82, 2.24) is 4.98 Å². The molecular formula is C10H13N3S. The molecule has 1 heterocycles. The summed E-state index contributed by atoms with van der Waals surface area (Å²) in [7, 11) is 0. The zero-order valence-electron chi connectivity index (χ0n) is 8.32. The summed E-state index contributed by atoms with van der Waals surface area (Å²) < 4.78 is 0. The highest BCUT2D eigenvalue weighted by Crippen LogP contribution is 2.07. The van der Waals surface area contributed by atoms with Crippen LogP contribution in [0.2, 0.25) is 0 Å². The standard InChI is InChI=1S/C10H13N3S/c1-8(7-14-2)13-10-4-3-9(5-11)6-12-10/h3-4,6,8H,7H2,1-2H3,(H,12,13). The minimum Gasteiger partial charge on any atom is -0.367 e. The van der Waals surface area contributed by atoms with Crippen molar-refractivity contribution in [2.75, 3.05) is 17.3 Å². The van der Waals surface area contributed by atoms with Crippen LogP contribution in [0.5, 0.6) is 0 Å². The summed E-state index contributed by atoms with van der Waals surface area (Å²) in [6, 6.07) is 6.03. The number of pyridine rings is 1. The monoisotopic (exact) mass is 207 g/mol. The number of thioether (sulfide) groups is 1. The van der Waals surface area contributed by atoms with Gasteiger partial charge in [0.1, 0.15) is 11.9 Å². The Morgan fingerprint density at radius 1 is 1.64 bits per heavy atom. The van der Waals surface area contributed by atoms with Gasteiger partial charge in [-0.1, -0.05) is 0 Å². The topological polar surface area (TPSA) is 48.7 Å². The van der Waals surface area contributed by atoms with Gasteiger partial charge in [0.15, 0.2) is 0 Å². The number of aromatic nitrogens is 1. The van der Waals surface area contributed by atoms with Crippen molar-refractivity contribution >= 4 is 17.6 Å². The fraction of sp³-hybridized carbons (Fsp3) is 0.400. The quantitative estimate of drug-likeness (QED) is 0.821. The normalized spacial score (nSPS) is 11.8. The highest BCUT2D eigenvalue weighted by molar-refractivity contribution is 7.98. The molecule has 0 aliphatic heterocycles. The number of hydrogen-bond acceptors (Lipinski definition) is 4. The Labute approximate surface area is 88.5 Å². The van der Waals surface area contributed by atoms with E-state index in [-0.39, 0.29) is 0 Å². The second-order valence-electron chi connectivity index (χ2n) is 3.04. The minimum atomic E-state index is 0.394. The first-order chi connectivity index (χ1) is 6.76. The Kier molecular flexibility index (Phi) is 4.27. The van der Waals surface area contributed by atoms with Crippen molar-refractivity contribution < 1.29 is 0 Å². The van der Waals surface area contributed by atoms with Crippen molar-refractivity contribution in [3.05, 3.63) is 23.9 Å². The van der Waals surface area contributed by atoms with Crippen molar-refractivity contribution in [2.45, 2.75) is 13.0 Å². The number of anilines is 1. The van der Waals surface area contributed by atoms with E-state index in [2.05, 4.69) is 23.5 Å². The van der Waals surface area contributed by atoms with Crippen LogP contribution in [0.25, 0.3) is 0 Å². The van der Waals surface area contributed by atoms with Crippen LogP contribution < -0.4 is 5.32 Å². The molecule has 3 nitrogen and oxygen atoms in total. The molecule has 1 rings (SSSR count). The molecule has 1 aromatic rings. The largest absolute Gasteiger partial charge is 0.367 e. The molecule has 1 unspecified atom stereocenters. The van der Waals surface area contributed by atoms with E-state index < -0.39 is 0 Å². The number of nitriles is 1. The fourth-order valence-electron chi connectivity index (χ4n) is 1.09. The van der Waals surface area contributed by atoms with E-state index in [1.54, 1.807) is 24.0 Å².